The normalized spacial score (nSPS) is 12.1. The predicted octanol–water partition coefficient (Wildman–Crippen LogP) is 1.71. The number of nitrogens with one attached hydrogen (secondary N) is 1. The second-order valence-corrected chi connectivity index (χ2v) is 5.15. The largest absolute Gasteiger partial charge is 0.399 e. The number of aliphatic hydroxyl groups is 1. The minimum atomic E-state index is -0.126. The Bertz CT molecular complexity index is 354. The highest BCUT2D eigenvalue weighted by atomic mass is 32.2. The van der Waals surface area contributed by atoms with Crippen molar-refractivity contribution in [3.05, 3.63) is 24.3 Å². The first-order valence-corrected chi connectivity index (χ1v) is 6.57. The topological polar surface area (TPSA) is 75.3 Å². The van der Waals surface area contributed by atoms with Crippen molar-refractivity contribution in [2.75, 3.05) is 23.4 Å². The van der Waals surface area contributed by atoms with E-state index in [1.807, 2.05) is 6.92 Å². The van der Waals surface area contributed by atoms with Gasteiger partial charge in [-0.15, -0.1) is 11.8 Å². The molecule has 17 heavy (non-hydrogen) atoms. The lowest BCUT2D eigenvalue weighted by molar-refractivity contribution is -0.115. The van der Waals surface area contributed by atoms with Crippen molar-refractivity contribution in [2.24, 2.45) is 0 Å². The molecule has 4 nitrogen and oxygen atoms in total. The van der Waals surface area contributed by atoms with Gasteiger partial charge in [-0.05, 0) is 43.4 Å². The summed E-state index contributed by atoms with van der Waals surface area (Å²) in [4.78, 5) is 11.8. The number of anilines is 2. The van der Waals surface area contributed by atoms with Crippen LogP contribution in [-0.2, 0) is 4.79 Å². The Morgan fingerprint density at radius 2 is 2.12 bits per heavy atom. The summed E-state index contributed by atoms with van der Waals surface area (Å²) in [5.41, 5.74) is 6.98. The number of benzene rings is 1. The van der Waals surface area contributed by atoms with E-state index in [0.29, 0.717) is 12.1 Å². The van der Waals surface area contributed by atoms with Crippen LogP contribution in [0, 0.1) is 0 Å². The van der Waals surface area contributed by atoms with E-state index in [4.69, 9.17) is 10.8 Å². The van der Waals surface area contributed by atoms with Crippen LogP contribution in [0.3, 0.4) is 0 Å². The third kappa shape index (κ3) is 5.10. The van der Waals surface area contributed by atoms with Crippen molar-refractivity contribution in [1.82, 2.24) is 0 Å². The molecule has 5 heteroatoms. The molecule has 1 unspecified atom stereocenters. The number of rotatable bonds is 6. The average molecular weight is 254 g/mol. The number of amides is 1. The molecule has 0 heterocycles. The summed E-state index contributed by atoms with van der Waals surface area (Å²) in [6, 6.07) is 7.05. The highest BCUT2D eigenvalue weighted by molar-refractivity contribution is 8.00. The van der Waals surface area contributed by atoms with Crippen molar-refractivity contribution in [3.8, 4) is 0 Å². The van der Waals surface area contributed by atoms with Crippen molar-refractivity contribution in [2.45, 2.75) is 18.6 Å². The quantitative estimate of drug-likeness (QED) is 0.533. The lowest BCUT2D eigenvalue weighted by Gasteiger charge is -2.11. The molecular weight excluding hydrogens is 236 g/mol. The molecule has 0 spiro atoms. The van der Waals surface area contributed by atoms with Crippen LogP contribution >= 0.6 is 11.8 Å². The number of carbonyl (C=O) groups excluding carboxylic acids is 1. The maximum Gasteiger partial charge on any atom is 0.237 e. The second-order valence-electron chi connectivity index (χ2n) is 3.70. The highest BCUT2D eigenvalue weighted by Crippen LogP contribution is 2.15. The Morgan fingerprint density at radius 1 is 1.47 bits per heavy atom. The summed E-state index contributed by atoms with van der Waals surface area (Å²) in [6.07, 6.45) is 0.712. The Kier molecular flexibility index (Phi) is 5.86. The van der Waals surface area contributed by atoms with Crippen LogP contribution in [0.1, 0.15) is 13.3 Å². The van der Waals surface area contributed by atoms with Gasteiger partial charge in [0.15, 0.2) is 0 Å². The zero-order valence-corrected chi connectivity index (χ0v) is 10.7. The fraction of sp³-hybridized carbons (Fsp3) is 0.417. The molecule has 0 aromatic heterocycles. The molecule has 1 atom stereocenters. The van der Waals surface area contributed by atoms with Gasteiger partial charge in [0.1, 0.15) is 0 Å². The Labute approximate surface area is 106 Å². The SMILES string of the molecule is CC(SCCCO)C(=O)Nc1ccc(N)cc1. The molecule has 0 aliphatic rings. The first-order valence-electron chi connectivity index (χ1n) is 5.52. The third-order valence-electron chi connectivity index (χ3n) is 2.22. The van der Waals surface area contributed by atoms with Crippen LogP contribution in [0.2, 0.25) is 0 Å². The summed E-state index contributed by atoms with van der Waals surface area (Å²) >= 11 is 1.53. The molecule has 4 N–H and O–H groups in total. The number of hydrogen-bond acceptors (Lipinski definition) is 4. The molecule has 94 valence electrons. The molecule has 0 aliphatic heterocycles. The van der Waals surface area contributed by atoms with E-state index >= 15 is 0 Å². The fourth-order valence-corrected chi connectivity index (χ4v) is 2.07. The van der Waals surface area contributed by atoms with E-state index in [-0.39, 0.29) is 17.8 Å². The molecule has 0 fully saturated rings. The number of nitrogens with two attached hydrogens (primary N) is 1. The first-order chi connectivity index (χ1) is 8.13. The number of nitrogen functional groups attached to an aromatic ring is 1. The maximum atomic E-state index is 11.8. The third-order valence-corrected chi connectivity index (χ3v) is 3.46. The summed E-state index contributed by atoms with van der Waals surface area (Å²) in [5.74, 6) is 0.755. The number of thioether (sulfide) groups is 1. The minimum Gasteiger partial charge on any atom is -0.399 e. The van der Waals surface area contributed by atoms with E-state index < -0.39 is 0 Å². The summed E-state index contributed by atoms with van der Waals surface area (Å²) < 4.78 is 0. The van der Waals surface area contributed by atoms with Crippen LogP contribution < -0.4 is 11.1 Å². The van der Waals surface area contributed by atoms with E-state index in [0.717, 1.165) is 11.4 Å². The van der Waals surface area contributed by atoms with Gasteiger partial charge in [-0.25, -0.2) is 0 Å². The van der Waals surface area contributed by atoms with Crippen molar-refractivity contribution >= 4 is 29.0 Å². The average Bonchev–Trinajstić information content (AvgIpc) is 2.32. The van der Waals surface area contributed by atoms with Gasteiger partial charge in [-0.2, -0.15) is 0 Å². The fourth-order valence-electron chi connectivity index (χ4n) is 1.21. The lowest BCUT2D eigenvalue weighted by atomic mass is 10.3. The first kappa shape index (κ1) is 13.9. The maximum absolute atomic E-state index is 11.8. The number of hydrogen-bond donors (Lipinski definition) is 3. The van der Waals surface area contributed by atoms with E-state index in [9.17, 15) is 4.79 Å². The predicted molar refractivity (Wildman–Crippen MR) is 73.1 cm³/mol. The van der Waals surface area contributed by atoms with E-state index in [2.05, 4.69) is 5.32 Å². The van der Waals surface area contributed by atoms with Gasteiger partial charge in [0.25, 0.3) is 0 Å². The van der Waals surface area contributed by atoms with Gasteiger partial charge in [0.2, 0.25) is 5.91 Å². The minimum absolute atomic E-state index is 0.0299. The molecule has 1 aromatic rings. The van der Waals surface area contributed by atoms with Gasteiger partial charge in [-0.3, -0.25) is 4.79 Å². The summed E-state index contributed by atoms with van der Waals surface area (Å²) in [5, 5.41) is 11.3. The van der Waals surface area contributed by atoms with Crippen LogP contribution in [-0.4, -0.2) is 28.6 Å². The monoisotopic (exact) mass is 254 g/mol. The van der Waals surface area contributed by atoms with Gasteiger partial charge in [0, 0.05) is 18.0 Å². The van der Waals surface area contributed by atoms with Gasteiger partial charge < -0.3 is 16.2 Å². The van der Waals surface area contributed by atoms with Gasteiger partial charge in [-0.1, -0.05) is 0 Å². The lowest BCUT2D eigenvalue weighted by Crippen LogP contribution is -2.22. The van der Waals surface area contributed by atoms with Crippen LogP contribution in [0.4, 0.5) is 11.4 Å². The Morgan fingerprint density at radius 3 is 2.71 bits per heavy atom. The zero-order valence-electron chi connectivity index (χ0n) is 9.85. The smallest absolute Gasteiger partial charge is 0.237 e. The molecule has 0 aliphatic carbocycles. The Balaban J connectivity index is 2.40. The van der Waals surface area contributed by atoms with E-state index in [1.54, 1.807) is 24.3 Å². The van der Waals surface area contributed by atoms with E-state index in [1.165, 1.54) is 11.8 Å². The molecular formula is C12H18N2O2S. The van der Waals surface area contributed by atoms with Crippen molar-refractivity contribution in [1.29, 1.82) is 0 Å². The molecule has 0 saturated carbocycles. The van der Waals surface area contributed by atoms with Gasteiger partial charge >= 0.3 is 0 Å². The standard InChI is InChI=1S/C12H18N2O2S/c1-9(17-8-2-7-15)12(16)14-11-5-3-10(13)4-6-11/h3-6,9,15H,2,7-8,13H2,1H3,(H,14,16). The summed E-state index contributed by atoms with van der Waals surface area (Å²) in [7, 11) is 0. The molecule has 1 rings (SSSR count). The molecule has 0 bridgehead atoms. The molecule has 1 amide bonds. The second kappa shape index (κ2) is 7.19. The molecule has 0 saturated heterocycles. The van der Waals surface area contributed by atoms with Crippen molar-refractivity contribution in [3.63, 3.8) is 0 Å². The number of aliphatic hydroxyl groups excluding tert-OH is 1. The Hall–Kier alpha value is -1.20. The highest BCUT2D eigenvalue weighted by Gasteiger charge is 2.12. The van der Waals surface area contributed by atoms with Crippen LogP contribution in [0.15, 0.2) is 24.3 Å². The molecule has 1 aromatic carbocycles. The van der Waals surface area contributed by atoms with Crippen molar-refractivity contribution < 1.29 is 9.90 Å². The zero-order chi connectivity index (χ0) is 12.7. The van der Waals surface area contributed by atoms with Gasteiger partial charge in [0.05, 0.1) is 5.25 Å². The van der Waals surface area contributed by atoms with Crippen LogP contribution in [0.5, 0.6) is 0 Å². The molecule has 0 radical (unpaired) electrons. The number of carbonyl (C=O) groups is 1. The van der Waals surface area contributed by atoms with Crippen LogP contribution in [0.25, 0.3) is 0 Å². The summed E-state index contributed by atoms with van der Waals surface area (Å²) in [6.45, 7) is 2.02.